The van der Waals surface area contributed by atoms with E-state index in [9.17, 15) is 0 Å². The summed E-state index contributed by atoms with van der Waals surface area (Å²) < 4.78 is 2.15. The molecular weight excluding hydrogens is 401 g/mol. The molecule has 0 atom stereocenters. The number of hydrogen-bond acceptors (Lipinski definition) is 2. The number of unbranched alkanes of at least 4 members (excludes halogenated alkanes) is 1. The fourth-order valence-electron chi connectivity index (χ4n) is 2.20. The van der Waals surface area contributed by atoms with Gasteiger partial charge in [0.1, 0.15) is 5.82 Å². The second-order valence-corrected chi connectivity index (χ2v) is 5.16. The van der Waals surface area contributed by atoms with Crippen molar-refractivity contribution in [1.82, 2.24) is 20.2 Å². The minimum Gasteiger partial charge on any atom is -0.356 e. The van der Waals surface area contributed by atoms with Crippen molar-refractivity contribution in [3.8, 4) is 0 Å². The smallest absolute Gasteiger partial charge is 0.191 e. The van der Waals surface area contributed by atoms with Crippen LogP contribution in [0.3, 0.4) is 0 Å². The van der Waals surface area contributed by atoms with Crippen LogP contribution in [-0.4, -0.2) is 29.1 Å². The Morgan fingerprint density at radius 2 is 2.00 bits per heavy atom. The van der Waals surface area contributed by atoms with Crippen molar-refractivity contribution in [3.05, 3.63) is 54.1 Å². The first kappa shape index (κ1) is 19.5. The zero-order valence-corrected chi connectivity index (χ0v) is 16.2. The number of imidazole rings is 1. The van der Waals surface area contributed by atoms with E-state index in [1.54, 1.807) is 7.05 Å². The summed E-state index contributed by atoms with van der Waals surface area (Å²) in [6.45, 7) is 4.61. The summed E-state index contributed by atoms with van der Waals surface area (Å²) in [5.41, 5.74) is 1.27. The topological polar surface area (TPSA) is 54.2 Å². The van der Waals surface area contributed by atoms with Gasteiger partial charge in [0.15, 0.2) is 5.96 Å². The number of aliphatic imine (C=N–C) groups is 1. The summed E-state index contributed by atoms with van der Waals surface area (Å²) >= 11 is 0. The Labute approximate surface area is 155 Å². The third kappa shape index (κ3) is 6.60. The van der Waals surface area contributed by atoms with E-state index in [0.29, 0.717) is 6.54 Å². The maximum atomic E-state index is 4.43. The molecular formula is C17H26IN5. The molecule has 0 bridgehead atoms. The molecule has 6 heteroatoms. The first-order valence-electron chi connectivity index (χ1n) is 7.82. The molecule has 2 rings (SSSR count). The Balaban J connectivity index is 0.00000264. The average Bonchev–Trinajstić information content (AvgIpc) is 2.99. The Morgan fingerprint density at radius 1 is 1.22 bits per heavy atom. The van der Waals surface area contributed by atoms with Gasteiger partial charge in [0.05, 0.1) is 6.54 Å². The van der Waals surface area contributed by atoms with Gasteiger partial charge in [-0.3, -0.25) is 4.99 Å². The molecule has 1 aromatic carbocycles. The maximum absolute atomic E-state index is 4.43. The number of benzene rings is 1. The van der Waals surface area contributed by atoms with E-state index < -0.39 is 0 Å². The quantitative estimate of drug-likeness (QED) is 0.309. The average molecular weight is 427 g/mol. The molecule has 1 heterocycles. The Bertz CT molecular complexity index is 580. The molecule has 2 N–H and O–H groups in total. The molecule has 0 amide bonds. The van der Waals surface area contributed by atoms with Crippen LogP contribution in [0.15, 0.2) is 47.7 Å². The van der Waals surface area contributed by atoms with Crippen LogP contribution in [0.5, 0.6) is 0 Å². The van der Waals surface area contributed by atoms with Gasteiger partial charge in [-0.2, -0.15) is 0 Å². The molecule has 0 unspecified atom stereocenters. The molecule has 2 aromatic rings. The lowest BCUT2D eigenvalue weighted by Gasteiger charge is -2.12. The first-order valence-corrected chi connectivity index (χ1v) is 7.82. The minimum absolute atomic E-state index is 0. The molecule has 0 aliphatic heterocycles. The van der Waals surface area contributed by atoms with Crippen molar-refractivity contribution < 1.29 is 0 Å². The molecule has 0 fully saturated rings. The molecule has 0 spiro atoms. The number of nitrogens with one attached hydrogen (secondary N) is 2. The maximum Gasteiger partial charge on any atom is 0.191 e. The largest absolute Gasteiger partial charge is 0.356 e. The number of rotatable bonds is 7. The van der Waals surface area contributed by atoms with Gasteiger partial charge in [-0.05, 0) is 12.0 Å². The van der Waals surface area contributed by atoms with Crippen molar-refractivity contribution in [2.75, 3.05) is 13.6 Å². The number of halogens is 1. The molecule has 0 saturated heterocycles. The normalized spacial score (nSPS) is 11.0. The lowest BCUT2D eigenvalue weighted by Crippen LogP contribution is -2.37. The van der Waals surface area contributed by atoms with Gasteiger partial charge in [0.2, 0.25) is 0 Å². The van der Waals surface area contributed by atoms with E-state index in [-0.39, 0.29) is 24.0 Å². The highest BCUT2D eigenvalue weighted by Gasteiger charge is 2.04. The van der Waals surface area contributed by atoms with Gasteiger partial charge in [-0.25, -0.2) is 4.98 Å². The third-order valence-corrected chi connectivity index (χ3v) is 3.46. The van der Waals surface area contributed by atoms with Crippen LogP contribution in [0.2, 0.25) is 0 Å². The summed E-state index contributed by atoms with van der Waals surface area (Å²) in [7, 11) is 1.79. The van der Waals surface area contributed by atoms with E-state index in [1.165, 1.54) is 12.0 Å². The molecule has 23 heavy (non-hydrogen) atoms. The van der Waals surface area contributed by atoms with Crippen LogP contribution in [0.4, 0.5) is 0 Å². The predicted octanol–water partition coefficient (Wildman–Crippen LogP) is 3.01. The lowest BCUT2D eigenvalue weighted by molar-refractivity contribution is 0.679. The van der Waals surface area contributed by atoms with Gasteiger partial charge in [0, 0.05) is 32.5 Å². The van der Waals surface area contributed by atoms with Gasteiger partial charge in [0.25, 0.3) is 0 Å². The summed E-state index contributed by atoms with van der Waals surface area (Å²) in [5, 5.41) is 6.62. The number of nitrogens with zero attached hydrogens (tertiary/aromatic N) is 3. The van der Waals surface area contributed by atoms with E-state index in [1.807, 2.05) is 18.5 Å². The van der Waals surface area contributed by atoms with Gasteiger partial charge >= 0.3 is 0 Å². The zero-order chi connectivity index (χ0) is 15.6. The van der Waals surface area contributed by atoms with E-state index >= 15 is 0 Å². The fraction of sp³-hybridized carbons (Fsp3) is 0.412. The molecule has 126 valence electrons. The monoisotopic (exact) mass is 427 g/mol. The van der Waals surface area contributed by atoms with E-state index in [4.69, 9.17) is 0 Å². The minimum atomic E-state index is 0. The number of aromatic nitrogens is 2. The predicted molar refractivity (Wildman–Crippen MR) is 106 cm³/mol. The van der Waals surface area contributed by atoms with Crippen LogP contribution >= 0.6 is 24.0 Å². The van der Waals surface area contributed by atoms with Crippen molar-refractivity contribution >= 4 is 29.9 Å². The fourth-order valence-corrected chi connectivity index (χ4v) is 2.20. The molecule has 5 nitrogen and oxygen atoms in total. The second-order valence-electron chi connectivity index (χ2n) is 5.16. The zero-order valence-electron chi connectivity index (χ0n) is 13.8. The van der Waals surface area contributed by atoms with Crippen LogP contribution < -0.4 is 10.6 Å². The lowest BCUT2D eigenvalue weighted by atomic mass is 10.2. The highest BCUT2D eigenvalue weighted by molar-refractivity contribution is 14.0. The standard InChI is InChI=1S/C17H25N5.HI/c1-3-4-10-20-17(18-2)21-13-16-19-11-12-22(16)14-15-8-6-5-7-9-15;/h5-9,11-12H,3-4,10,13-14H2,1-2H3,(H2,18,20,21);1H. The van der Waals surface area contributed by atoms with Crippen molar-refractivity contribution in [2.45, 2.75) is 32.9 Å². The second kappa shape index (κ2) is 11.0. The van der Waals surface area contributed by atoms with Gasteiger partial charge in [-0.15, -0.1) is 24.0 Å². The summed E-state index contributed by atoms with van der Waals surface area (Å²) in [5.74, 6) is 1.82. The third-order valence-electron chi connectivity index (χ3n) is 3.46. The first-order chi connectivity index (χ1) is 10.8. The van der Waals surface area contributed by atoms with Crippen LogP contribution in [0, 0.1) is 0 Å². The summed E-state index contributed by atoms with van der Waals surface area (Å²) in [6.07, 6.45) is 6.17. The molecule has 0 aliphatic carbocycles. The van der Waals surface area contributed by atoms with Crippen LogP contribution in [0.1, 0.15) is 31.2 Å². The Morgan fingerprint density at radius 3 is 2.70 bits per heavy atom. The highest BCUT2D eigenvalue weighted by atomic mass is 127. The molecule has 0 saturated carbocycles. The SMILES string of the molecule is CCCCNC(=NC)NCc1nccn1Cc1ccccc1.I. The highest BCUT2D eigenvalue weighted by Crippen LogP contribution is 2.05. The number of hydrogen-bond donors (Lipinski definition) is 2. The van der Waals surface area contributed by atoms with Crippen LogP contribution in [0.25, 0.3) is 0 Å². The van der Waals surface area contributed by atoms with Crippen molar-refractivity contribution in [1.29, 1.82) is 0 Å². The summed E-state index contributed by atoms with van der Waals surface area (Å²) in [6, 6.07) is 10.4. The Kier molecular flexibility index (Phi) is 9.35. The summed E-state index contributed by atoms with van der Waals surface area (Å²) in [4.78, 5) is 8.66. The van der Waals surface area contributed by atoms with Gasteiger partial charge in [-0.1, -0.05) is 43.7 Å². The van der Waals surface area contributed by atoms with E-state index in [0.717, 1.165) is 31.3 Å². The van der Waals surface area contributed by atoms with E-state index in [2.05, 4.69) is 56.4 Å². The molecule has 0 radical (unpaired) electrons. The van der Waals surface area contributed by atoms with Crippen molar-refractivity contribution in [2.24, 2.45) is 4.99 Å². The van der Waals surface area contributed by atoms with Gasteiger partial charge < -0.3 is 15.2 Å². The molecule has 1 aromatic heterocycles. The molecule has 0 aliphatic rings. The number of guanidine groups is 1. The Hall–Kier alpha value is -1.57. The van der Waals surface area contributed by atoms with Crippen LogP contribution in [-0.2, 0) is 13.1 Å². The van der Waals surface area contributed by atoms with Crippen molar-refractivity contribution in [3.63, 3.8) is 0 Å².